The summed E-state index contributed by atoms with van der Waals surface area (Å²) in [6.07, 6.45) is 0.816. The SMILES string of the molecule is C=C(C)C[C@@H](c1cc(I)ccc1F)N1CCNCC1.Cl.Cl. The monoisotopic (exact) mass is 446 g/mol. The zero-order valence-electron chi connectivity index (χ0n) is 12.1. The molecule has 1 N–H and O–H groups in total. The van der Waals surface area contributed by atoms with Crippen LogP contribution >= 0.6 is 47.4 Å². The number of halogens is 4. The minimum atomic E-state index is -0.106. The fraction of sp³-hybridized carbons (Fsp3) is 0.467. The second-order valence-corrected chi connectivity index (χ2v) is 6.37. The Labute approximate surface area is 152 Å². The van der Waals surface area contributed by atoms with Crippen LogP contribution in [0, 0.1) is 9.39 Å². The molecule has 0 amide bonds. The van der Waals surface area contributed by atoms with E-state index in [2.05, 4.69) is 39.4 Å². The number of hydrogen-bond acceptors (Lipinski definition) is 2. The van der Waals surface area contributed by atoms with Gasteiger partial charge in [-0.05, 0) is 54.1 Å². The lowest BCUT2D eigenvalue weighted by molar-refractivity contribution is 0.169. The van der Waals surface area contributed by atoms with Crippen LogP contribution in [0.1, 0.15) is 24.9 Å². The molecule has 1 aromatic rings. The van der Waals surface area contributed by atoms with Gasteiger partial charge < -0.3 is 5.32 Å². The predicted octanol–water partition coefficient (Wildman–Crippen LogP) is 4.19. The summed E-state index contributed by atoms with van der Waals surface area (Å²) in [7, 11) is 0. The molecule has 1 aliphatic heterocycles. The first-order chi connectivity index (χ1) is 9.08. The summed E-state index contributed by atoms with van der Waals surface area (Å²) in [5.41, 5.74) is 1.90. The van der Waals surface area contributed by atoms with Gasteiger partial charge in [-0.1, -0.05) is 5.57 Å². The highest BCUT2D eigenvalue weighted by atomic mass is 127. The van der Waals surface area contributed by atoms with Crippen LogP contribution in [0.15, 0.2) is 30.4 Å². The van der Waals surface area contributed by atoms with E-state index in [9.17, 15) is 4.39 Å². The van der Waals surface area contributed by atoms with E-state index in [1.807, 2.05) is 19.1 Å². The molecule has 1 heterocycles. The van der Waals surface area contributed by atoms with Gasteiger partial charge in [0.1, 0.15) is 5.82 Å². The lowest BCUT2D eigenvalue weighted by Crippen LogP contribution is -2.45. The van der Waals surface area contributed by atoms with Crippen molar-refractivity contribution in [3.05, 3.63) is 45.3 Å². The summed E-state index contributed by atoms with van der Waals surface area (Å²) >= 11 is 2.24. The van der Waals surface area contributed by atoms with Crippen LogP contribution in [0.25, 0.3) is 0 Å². The zero-order valence-corrected chi connectivity index (χ0v) is 15.9. The van der Waals surface area contributed by atoms with Crippen molar-refractivity contribution < 1.29 is 4.39 Å². The van der Waals surface area contributed by atoms with Crippen molar-refractivity contribution in [1.29, 1.82) is 0 Å². The molecular formula is C15H22Cl2FIN2. The van der Waals surface area contributed by atoms with Gasteiger partial charge >= 0.3 is 0 Å². The zero-order chi connectivity index (χ0) is 13.8. The molecule has 6 heteroatoms. The maximum Gasteiger partial charge on any atom is 0.128 e. The largest absolute Gasteiger partial charge is 0.314 e. The molecule has 0 aliphatic carbocycles. The van der Waals surface area contributed by atoms with E-state index >= 15 is 0 Å². The quantitative estimate of drug-likeness (QED) is 0.551. The minimum absolute atomic E-state index is 0. The molecule has 1 aliphatic rings. The number of nitrogens with one attached hydrogen (secondary N) is 1. The van der Waals surface area contributed by atoms with Crippen LogP contribution in [-0.4, -0.2) is 31.1 Å². The van der Waals surface area contributed by atoms with Crippen molar-refractivity contribution in [2.75, 3.05) is 26.2 Å². The molecule has 0 bridgehead atoms. The third-order valence-corrected chi connectivity index (χ3v) is 4.12. The Kier molecular flexibility index (Phi) is 10.1. The van der Waals surface area contributed by atoms with Gasteiger partial charge in [0.15, 0.2) is 0 Å². The van der Waals surface area contributed by atoms with Crippen molar-refractivity contribution in [3.63, 3.8) is 0 Å². The number of nitrogens with zero attached hydrogens (tertiary/aromatic N) is 1. The molecule has 0 unspecified atom stereocenters. The topological polar surface area (TPSA) is 15.3 Å². The van der Waals surface area contributed by atoms with E-state index in [4.69, 9.17) is 0 Å². The summed E-state index contributed by atoms with van der Waals surface area (Å²) in [6.45, 7) is 9.88. The van der Waals surface area contributed by atoms with Gasteiger partial charge in [-0.3, -0.25) is 4.90 Å². The maximum atomic E-state index is 14.1. The first-order valence-electron chi connectivity index (χ1n) is 6.62. The van der Waals surface area contributed by atoms with Crippen molar-refractivity contribution in [3.8, 4) is 0 Å². The number of hydrogen-bond donors (Lipinski definition) is 1. The molecule has 1 atom stereocenters. The average molecular weight is 447 g/mol. The highest BCUT2D eigenvalue weighted by molar-refractivity contribution is 14.1. The van der Waals surface area contributed by atoms with Gasteiger partial charge in [-0.2, -0.15) is 0 Å². The van der Waals surface area contributed by atoms with E-state index in [0.29, 0.717) is 0 Å². The Bertz CT molecular complexity index is 465. The summed E-state index contributed by atoms with van der Waals surface area (Å²) in [6, 6.07) is 5.46. The Morgan fingerprint density at radius 1 is 1.38 bits per heavy atom. The van der Waals surface area contributed by atoms with Crippen molar-refractivity contribution in [1.82, 2.24) is 10.2 Å². The lowest BCUT2D eigenvalue weighted by Gasteiger charge is -2.35. The standard InChI is InChI=1S/C15H20FIN2.2ClH/c1-11(2)9-15(19-7-5-18-6-8-19)13-10-12(17)3-4-14(13)16;;/h3-4,10,15,18H,1,5-9H2,2H3;2*1H/t15-;;/m0../s1. The van der Waals surface area contributed by atoms with Crippen LogP contribution in [0.2, 0.25) is 0 Å². The normalized spacial score (nSPS) is 16.5. The summed E-state index contributed by atoms with van der Waals surface area (Å²) in [4.78, 5) is 2.36. The molecule has 1 saturated heterocycles. The number of benzene rings is 1. The highest BCUT2D eigenvalue weighted by Gasteiger charge is 2.24. The Hall–Kier alpha value is 0.120. The lowest BCUT2D eigenvalue weighted by atomic mass is 9.97. The third-order valence-electron chi connectivity index (χ3n) is 3.45. The van der Waals surface area contributed by atoms with E-state index in [-0.39, 0.29) is 36.7 Å². The fourth-order valence-electron chi connectivity index (χ4n) is 2.53. The Balaban J connectivity index is 0.00000200. The van der Waals surface area contributed by atoms with Crippen LogP contribution in [0.3, 0.4) is 0 Å². The molecule has 0 aromatic heterocycles. The van der Waals surface area contributed by atoms with Crippen molar-refractivity contribution in [2.24, 2.45) is 0 Å². The minimum Gasteiger partial charge on any atom is -0.314 e. The number of piperazine rings is 1. The van der Waals surface area contributed by atoms with Crippen molar-refractivity contribution >= 4 is 47.4 Å². The maximum absolute atomic E-state index is 14.1. The fourth-order valence-corrected chi connectivity index (χ4v) is 3.04. The molecular weight excluding hydrogens is 425 g/mol. The summed E-state index contributed by atoms with van der Waals surface area (Å²) < 4.78 is 15.2. The van der Waals surface area contributed by atoms with Crippen LogP contribution in [0.5, 0.6) is 0 Å². The number of rotatable bonds is 4. The van der Waals surface area contributed by atoms with Crippen LogP contribution < -0.4 is 5.32 Å². The van der Waals surface area contributed by atoms with Gasteiger partial charge in [0.05, 0.1) is 0 Å². The second kappa shape index (κ2) is 10.0. The van der Waals surface area contributed by atoms with Gasteiger partial charge in [-0.15, -0.1) is 31.4 Å². The summed E-state index contributed by atoms with van der Waals surface area (Å²) in [5.74, 6) is -0.106. The van der Waals surface area contributed by atoms with Crippen molar-refractivity contribution in [2.45, 2.75) is 19.4 Å². The Morgan fingerprint density at radius 2 is 2.00 bits per heavy atom. The van der Waals surface area contributed by atoms with E-state index in [1.165, 1.54) is 0 Å². The van der Waals surface area contributed by atoms with Gasteiger partial charge in [0.25, 0.3) is 0 Å². The van der Waals surface area contributed by atoms with E-state index in [0.717, 1.165) is 47.3 Å². The molecule has 21 heavy (non-hydrogen) atoms. The molecule has 1 aromatic carbocycles. The van der Waals surface area contributed by atoms with Crippen LogP contribution in [-0.2, 0) is 0 Å². The molecule has 1 fully saturated rings. The molecule has 0 saturated carbocycles. The highest BCUT2D eigenvalue weighted by Crippen LogP contribution is 2.30. The van der Waals surface area contributed by atoms with Crippen LogP contribution in [0.4, 0.5) is 4.39 Å². The van der Waals surface area contributed by atoms with Gasteiger partial charge in [0, 0.05) is 41.4 Å². The van der Waals surface area contributed by atoms with E-state index in [1.54, 1.807) is 6.07 Å². The molecule has 0 spiro atoms. The van der Waals surface area contributed by atoms with E-state index < -0.39 is 0 Å². The summed E-state index contributed by atoms with van der Waals surface area (Å²) in [5, 5.41) is 3.34. The Morgan fingerprint density at radius 3 is 2.57 bits per heavy atom. The first kappa shape index (κ1) is 21.1. The molecule has 2 nitrogen and oxygen atoms in total. The smallest absolute Gasteiger partial charge is 0.128 e. The first-order valence-corrected chi connectivity index (χ1v) is 7.70. The third kappa shape index (κ3) is 6.02. The average Bonchev–Trinajstić information content (AvgIpc) is 2.40. The van der Waals surface area contributed by atoms with Gasteiger partial charge in [-0.25, -0.2) is 4.39 Å². The predicted molar refractivity (Wildman–Crippen MR) is 100 cm³/mol. The van der Waals surface area contributed by atoms with Gasteiger partial charge in [0.2, 0.25) is 0 Å². The molecule has 120 valence electrons. The molecule has 0 radical (unpaired) electrons. The molecule has 2 rings (SSSR count). The second-order valence-electron chi connectivity index (χ2n) is 5.13.